The lowest BCUT2D eigenvalue weighted by molar-refractivity contribution is -0.148. The van der Waals surface area contributed by atoms with Crippen LogP contribution < -0.4 is 4.74 Å². The predicted octanol–water partition coefficient (Wildman–Crippen LogP) is 2.98. The molecule has 0 bridgehead atoms. The van der Waals surface area contributed by atoms with E-state index in [0.29, 0.717) is 0 Å². The van der Waals surface area contributed by atoms with Crippen molar-refractivity contribution < 1.29 is 14.3 Å². The monoisotopic (exact) mass is 246 g/mol. The van der Waals surface area contributed by atoms with Crippen LogP contribution in [0.15, 0.2) is 24.3 Å². The number of esters is 1. The zero-order valence-electron chi connectivity index (χ0n) is 11.0. The summed E-state index contributed by atoms with van der Waals surface area (Å²) in [5.74, 6) is 0.628. The molecule has 18 heavy (non-hydrogen) atoms. The van der Waals surface area contributed by atoms with Crippen LogP contribution in [-0.4, -0.2) is 18.2 Å². The lowest BCUT2D eigenvalue weighted by Crippen LogP contribution is -2.22. The van der Waals surface area contributed by atoms with E-state index in [2.05, 4.69) is 0 Å². The topological polar surface area (TPSA) is 35.5 Å². The van der Waals surface area contributed by atoms with Crippen molar-refractivity contribution >= 4 is 12.0 Å². The number of benzene rings is 1. The van der Waals surface area contributed by atoms with Gasteiger partial charge in [0.1, 0.15) is 11.4 Å². The van der Waals surface area contributed by atoms with Crippen molar-refractivity contribution in [3.8, 4) is 5.75 Å². The molecule has 2 rings (SSSR count). The summed E-state index contributed by atoms with van der Waals surface area (Å²) in [6.45, 7) is 6.30. The van der Waals surface area contributed by atoms with Crippen LogP contribution in [0.25, 0.3) is 6.08 Å². The van der Waals surface area contributed by atoms with Gasteiger partial charge in [0.15, 0.2) is 0 Å². The summed E-state index contributed by atoms with van der Waals surface area (Å²) < 4.78 is 10.6. The van der Waals surface area contributed by atoms with Gasteiger partial charge in [-0.25, -0.2) is 4.79 Å². The molecule has 0 amide bonds. The molecule has 0 spiro atoms. The van der Waals surface area contributed by atoms with Gasteiger partial charge in [-0.15, -0.1) is 0 Å². The van der Waals surface area contributed by atoms with Crippen LogP contribution >= 0.6 is 0 Å². The molecule has 1 aromatic rings. The van der Waals surface area contributed by atoms with E-state index in [1.807, 2.05) is 39.0 Å². The minimum atomic E-state index is -0.451. The van der Waals surface area contributed by atoms with Gasteiger partial charge in [0, 0.05) is 12.5 Å². The Hall–Kier alpha value is -1.77. The summed E-state index contributed by atoms with van der Waals surface area (Å²) in [4.78, 5) is 11.5. The highest BCUT2D eigenvalue weighted by Gasteiger charge is 2.14. The Morgan fingerprint density at radius 1 is 1.39 bits per heavy atom. The maximum atomic E-state index is 11.5. The molecule has 1 aromatic carbocycles. The van der Waals surface area contributed by atoms with Crippen LogP contribution in [0.1, 0.15) is 31.9 Å². The number of rotatable bonds is 2. The standard InChI is InChI=1S/C15H18O3/c1-15(2,3)18-14(16)7-5-11-4-6-13-12(10-11)8-9-17-13/h4-7,10H,8-9H2,1-3H3. The number of hydrogen-bond donors (Lipinski definition) is 0. The Balaban J connectivity index is 2.03. The fourth-order valence-electron chi connectivity index (χ4n) is 1.81. The quantitative estimate of drug-likeness (QED) is 0.594. The van der Waals surface area contributed by atoms with E-state index in [0.717, 1.165) is 24.3 Å². The van der Waals surface area contributed by atoms with Crippen molar-refractivity contribution in [3.05, 3.63) is 35.4 Å². The number of fused-ring (bicyclic) bond motifs is 1. The van der Waals surface area contributed by atoms with Crippen molar-refractivity contribution in [2.45, 2.75) is 32.8 Å². The summed E-state index contributed by atoms with van der Waals surface area (Å²) in [6, 6.07) is 5.92. The Morgan fingerprint density at radius 2 is 2.17 bits per heavy atom. The van der Waals surface area contributed by atoms with E-state index < -0.39 is 5.60 Å². The molecular formula is C15H18O3. The van der Waals surface area contributed by atoms with Gasteiger partial charge >= 0.3 is 5.97 Å². The van der Waals surface area contributed by atoms with Gasteiger partial charge in [0.25, 0.3) is 0 Å². The van der Waals surface area contributed by atoms with Crippen LogP contribution in [0, 0.1) is 0 Å². The third kappa shape index (κ3) is 3.36. The Kier molecular flexibility index (Phi) is 3.41. The first-order valence-corrected chi connectivity index (χ1v) is 6.11. The van der Waals surface area contributed by atoms with E-state index in [-0.39, 0.29) is 5.97 Å². The average Bonchev–Trinajstić information content (AvgIpc) is 2.71. The Morgan fingerprint density at radius 3 is 2.89 bits per heavy atom. The molecule has 0 atom stereocenters. The molecule has 0 saturated carbocycles. The molecular weight excluding hydrogens is 228 g/mol. The first-order chi connectivity index (χ1) is 8.44. The molecule has 0 saturated heterocycles. The average molecular weight is 246 g/mol. The molecule has 0 unspecified atom stereocenters. The fraction of sp³-hybridized carbons (Fsp3) is 0.400. The summed E-state index contributed by atoms with van der Waals surface area (Å²) in [5, 5.41) is 0. The number of hydrogen-bond acceptors (Lipinski definition) is 3. The number of carbonyl (C=O) groups is 1. The molecule has 1 aliphatic rings. The largest absolute Gasteiger partial charge is 0.493 e. The van der Waals surface area contributed by atoms with Crippen molar-refractivity contribution in [2.24, 2.45) is 0 Å². The van der Waals surface area contributed by atoms with Gasteiger partial charge in [-0.05, 0) is 50.1 Å². The summed E-state index contributed by atoms with van der Waals surface area (Å²) >= 11 is 0. The van der Waals surface area contributed by atoms with Crippen molar-refractivity contribution in [1.82, 2.24) is 0 Å². The second kappa shape index (κ2) is 4.84. The second-order valence-corrected chi connectivity index (χ2v) is 5.33. The van der Waals surface area contributed by atoms with E-state index in [1.54, 1.807) is 6.08 Å². The summed E-state index contributed by atoms with van der Waals surface area (Å²) in [7, 11) is 0. The minimum Gasteiger partial charge on any atom is -0.493 e. The highest BCUT2D eigenvalue weighted by Crippen LogP contribution is 2.26. The SMILES string of the molecule is CC(C)(C)OC(=O)C=Cc1ccc2c(c1)CCO2. The maximum Gasteiger partial charge on any atom is 0.331 e. The molecule has 0 fully saturated rings. The lowest BCUT2D eigenvalue weighted by atomic mass is 10.1. The first-order valence-electron chi connectivity index (χ1n) is 6.11. The highest BCUT2D eigenvalue weighted by molar-refractivity contribution is 5.87. The third-order valence-electron chi connectivity index (χ3n) is 2.53. The first kappa shape index (κ1) is 12.7. The molecule has 1 heterocycles. The van der Waals surface area contributed by atoms with E-state index in [9.17, 15) is 4.79 Å². The normalized spacial score (nSPS) is 14.4. The van der Waals surface area contributed by atoms with Crippen LogP contribution in [0.3, 0.4) is 0 Å². The van der Waals surface area contributed by atoms with Crippen LogP contribution in [-0.2, 0) is 16.0 Å². The van der Waals surface area contributed by atoms with E-state index in [4.69, 9.17) is 9.47 Å². The number of ether oxygens (including phenoxy) is 2. The number of carbonyl (C=O) groups excluding carboxylic acids is 1. The molecule has 3 heteroatoms. The molecule has 3 nitrogen and oxygen atoms in total. The van der Waals surface area contributed by atoms with Gasteiger partial charge in [-0.1, -0.05) is 6.07 Å². The van der Waals surface area contributed by atoms with Gasteiger partial charge in [-0.2, -0.15) is 0 Å². The highest BCUT2D eigenvalue weighted by atomic mass is 16.6. The minimum absolute atomic E-state index is 0.320. The predicted molar refractivity (Wildman–Crippen MR) is 70.5 cm³/mol. The van der Waals surface area contributed by atoms with Gasteiger partial charge < -0.3 is 9.47 Å². The molecule has 1 aliphatic heterocycles. The zero-order valence-corrected chi connectivity index (χ0v) is 11.0. The molecule has 0 N–H and O–H groups in total. The zero-order chi connectivity index (χ0) is 13.2. The van der Waals surface area contributed by atoms with Crippen molar-refractivity contribution in [2.75, 3.05) is 6.61 Å². The van der Waals surface area contributed by atoms with Crippen LogP contribution in [0.5, 0.6) is 5.75 Å². The molecule has 0 radical (unpaired) electrons. The van der Waals surface area contributed by atoms with Gasteiger partial charge in [-0.3, -0.25) is 0 Å². The maximum absolute atomic E-state index is 11.5. The fourth-order valence-corrected chi connectivity index (χ4v) is 1.81. The second-order valence-electron chi connectivity index (χ2n) is 5.33. The Labute approximate surface area is 107 Å². The third-order valence-corrected chi connectivity index (χ3v) is 2.53. The van der Waals surface area contributed by atoms with E-state index >= 15 is 0 Å². The summed E-state index contributed by atoms with van der Waals surface area (Å²) in [5.41, 5.74) is 1.74. The summed E-state index contributed by atoms with van der Waals surface area (Å²) in [6.07, 6.45) is 4.17. The lowest BCUT2D eigenvalue weighted by Gasteiger charge is -2.17. The van der Waals surface area contributed by atoms with E-state index in [1.165, 1.54) is 11.6 Å². The van der Waals surface area contributed by atoms with Crippen LogP contribution in [0.4, 0.5) is 0 Å². The molecule has 0 aromatic heterocycles. The Bertz CT molecular complexity index is 481. The molecule has 96 valence electrons. The smallest absolute Gasteiger partial charge is 0.331 e. The van der Waals surface area contributed by atoms with Crippen LogP contribution in [0.2, 0.25) is 0 Å². The van der Waals surface area contributed by atoms with Crippen molar-refractivity contribution in [1.29, 1.82) is 0 Å². The van der Waals surface area contributed by atoms with Gasteiger partial charge in [0.05, 0.1) is 6.61 Å². The molecule has 0 aliphatic carbocycles. The van der Waals surface area contributed by atoms with Gasteiger partial charge in [0.2, 0.25) is 0 Å². The van der Waals surface area contributed by atoms with Crippen molar-refractivity contribution in [3.63, 3.8) is 0 Å².